The highest BCUT2D eigenvalue weighted by Gasteiger charge is 2.03. The highest BCUT2D eigenvalue weighted by Crippen LogP contribution is 2.18. The lowest BCUT2D eigenvalue weighted by molar-refractivity contribution is 0.184. The summed E-state index contributed by atoms with van der Waals surface area (Å²) in [5.74, 6) is 0.634. The van der Waals surface area contributed by atoms with E-state index in [1.165, 1.54) is 0 Å². The quantitative estimate of drug-likeness (QED) is 0.629. The van der Waals surface area contributed by atoms with E-state index in [0.29, 0.717) is 5.95 Å². The summed E-state index contributed by atoms with van der Waals surface area (Å²) in [6.45, 7) is 5.91. The summed E-state index contributed by atoms with van der Waals surface area (Å²) in [6.07, 6.45) is 1.82. The van der Waals surface area contributed by atoms with Crippen LogP contribution in [-0.2, 0) is 0 Å². The van der Waals surface area contributed by atoms with Crippen molar-refractivity contribution in [2.75, 3.05) is 0 Å². The Hall–Kier alpha value is -0.920. The van der Waals surface area contributed by atoms with Crippen LogP contribution in [0.2, 0.25) is 0 Å². The lowest BCUT2D eigenvalue weighted by Gasteiger charge is -2.05. The number of hydrogen-bond acceptors (Lipinski definition) is 2. The van der Waals surface area contributed by atoms with Crippen molar-refractivity contribution >= 4 is 0 Å². The first-order chi connectivity index (χ1) is 4.70. The zero-order valence-electron chi connectivity index (χ0n) is 6.55. The molecular formula is C8H12O2. The van der Waals surface area contributed by atoms with Gasteiger partial charge in [0.1, 0.15) is 0 Å². The van der Waals surface area contributed by atoms with E-state index in [4.69, 9.17) is 9.15 Å². The van der Waals surface area contributed by atoms with E-state index < -0.39 is 0 Å². The van der Waals surface area contributed by atoms with Gasteiger partial charge < -0.3 is 9.15 Å². The molecular weight excluding hydrogens is 128 g/mol. The van der Waals surface area contributed by atoms with Gasteiger partial charge in [0.2, 0.25) is 0 Å². The first-order valence-corrected chi connectivity index (χ1v) is 3.41. The minimum Gasteiger partial charge on any atom is -0.462 e. The van der Waals surface area contributed by atoms with Crippen LogP contribution in [0.1, 0.15) is 19.4 Å². The van der Waals surface area contributed by atoms with E-state index in [1.807, 2.05) is 26.8 Å². The summed E-state index contributed by atoms with van der Waals surface area (Å²) >= 11 is 0. The average molecular weight is 140 g/mol. The van der Waals surface area contributed by atoms with Crippen LogP contribution in [0, 0.1) is 6.92 Å². The fourth-order valence-electron chi connectivity index (χ4n) is 0.694. The maximum Gasteiger partial charge on any atom is 0.287 e. The highest BCUT2D eigenvalue weighted by atomic mass is 16.6. The highest BCUT2D eigenvalue weighted by molar-refractivity contribution is 5.20. The summed E-state index contributed by atoms with van der Waals surface area (Å²) in [5.41, 5.74) is 1.05. The SMILES string of the molecule is Cc1ccoc1OC(C)C. The molecule has 0 radical (unpaired) electrons. The van der Waals surface area contributed by atoms with Gasteiger partial charge in [-0.15, -0.1) is 0 Å². The molecule has 0 unspecified atom stereocenters. The Balaban J connectivity index is 2.65. The molecule has 0 aliphatic rings. The second-order valence-electron chi connectivity index (χ2n) is 2.56. The van der Waals surface area contributed by atoms with Gasteiger partial charge in [0.05, 0.1) is 12.4 Å². The third-order valence-corrected chi connectivity index (χ3v) is 1.16. The van der Waals surface area contributed by atoms with Crippen molar-refractivity contribution in [3.8, 4) is 5.95 Å². The molecule has 0 aliphatic heterocycles. The minimum absolute atomic E-state index is 0.185. The maximum absolute atomic E-state index is 5.32. The van der Waals surface area contributed by atoms with Gasteiger partial charge in [0.25, 0.3) is 5.95 Å². The van der Waals surface area contributed by atoms with Crippen LogP contribution in [0.25, 0.3) is 0 Å². The van der Waals surface area contributed by atoms with Crippen LogP contribution in [0.5, 0.6) is 5.95 Å². The second-order valence-corrected chi connectivity index (χ2v) is 2.56. The standard InChI is InChI=1S/C8H12O2/c1-6(2)10-8-7(3)4-5-9-8/h4-6H,1-3H3. The molecule has 1 heterocycles. The van der Waals surface area contributed by atoms with Crippen molar-refractivity contribution < 1.29 is 9.15 Å². The molecule has 0 aromatic carbocycles. The Morgan fingerprint density at radius 3 is 2.60 bits per heavy atom. The molecule has 0 N–H and O–H groups in total. The van der Waals surface area contributed by atoms with Crippen LogP contribution >= 0.6 is 0 Å². The molecule has 0 spiro atoms. The number of aryl methyl sites for hydroxylation is 1. The van der Waals surface area contributed by atoms with Gasteiger partial charge >= 0.3 is 0 Å². The van der Waals surface area contributed by atoms with Gasteiger partial charge in [-0.05, 0) is 26.8 Å². The molecule has 56 valence electrons. The number of furan rings is 1. The van der Waals surface area contributed by atoms with E-state index in [1.54, 1.807) is 6.26 Å². The van der Waals surface area contributed by atoms with Crippen molar-refractivity contribution in [3.63, 3.8) is 0 Å². The Morgan fingerprint density at radius 2 is 2.20 bits per heavy atom. The van der Waals surface area contributed by atoms with E-state index >= 15 is 0 Å². The molecule has 1 rings (SSSR count). The molecule has 1 aromatic heterocycles. The largest absolute Gasteiger partial charge is 0.462 e. The molecule has 0 aliphatic carbocycles. The molecule has 2 heteroatoms. The van der Waals surface area contributed by atoms with Gasteiger partial charge in [0.15, 0.2) is 0 Å². The zero-order valence-corrected chi connectivity index (χ0v) is 6.55. The van der Waals surface area contributed by atoms with Crippen LogP contribution in [-0.4, -0.2) is 6.10 Å². The monoisotopic (exact) mass is 140 g/mol. The molecule has 0 bridgehead atoms. The van der Waals surface area contributed by atoms with Crippen molar-refractivity contribution in [3.05, 3.63) is 17.9 Å². The smallest absolute Gasteiger partial charge is 0.287 e. The fourth-order valence-corrected chi connectivity index (χ4v) is 0.694. The summed E-state index contributed by atoms with van der Waals surface area (Å²) in [6, 6.07) is 1.89. The second kappa shape index (κ2) is 2.78. The third kappa shape index (κ3) is 1.53. The van der Waals surface area contributed by atoms with Gasteiger partial charge in [0, 0.05) is 5.56 Å². The topological polar surface area (TPSA) is 22.4 Å². The van der Waals surface area contributed by atoms with Crippen LogP contribution in [0.4, 0.5) is 0 Å². The van der Waals surface area contributed by atoms with Crippen LogP contribution < -0.4 is 4.74 Å². The van der Waals surface area contributed by atoms with Crippen molar-refractivity contribution in [2.45, 2.75) is 26.9 Å². The van der Waals surface area contributed by atoms with Crippen molar-refractivity contribution in [2.24, 2.45) is 0 Å². The van der Waals surface area contributed by atoms with Crippen molar-refractivity contribution in [1.29, 1.82) is 0 Å². The molecule has 0 fully saturated rings. The zero-order chi connectivity index (χ0) is 7.56. The molecule has 0 saturated carbocycles. The van der Waals surface area contributed by atoms with Crippen LogP contribution in [0.15, 0.2) is 16.7 Å². The van der Waals surface area contributed by atoms with E-state index in [2.05, 4.69) is 0 Å². The minimum atomic E-state index is 0.185. The number of rotatable bonds is 2. The van der Waals surface area contributed by atoms with Crippen molar-refractivity contribution in [1.82, 2.24) is 0 Å². The molecule has 10 heavy (non-hydrogen) atoms. The van der Waals surface area contributed by atoms with E-state index in [9.17, 15) is 0 Å². The number of hydrogen-bond donors (Lipinski definition) is 0. The molecule has 0 atom stereocenters. The molecule has 0 saturated heterocycles. The average Bonchev–Trinajstić information content (AvgIpc) is 2.15. The lowest BCUT2D eigenvalue weighted by Crippen LogP contribution is -2.05. The van der Waals surface area contributed by atoms with Gasteiger partial charge in [-0.25, -0.2) is 0 Å². The lowest BCUT2D eigenvalue weighted by atomic mass is 10.4. The number of ether oxygens (including phenoxy) is 1. The summed E-state index contributed by atoms with van der Waals surface area (Å²) in [4.78, 5) is 0. The van der Waals surface area contributed by atoms with E-state index in [-0.39, 0.29) is 6.10 Å². The Bertz CT molecular complexity index is 201. The first kappa shape index (κ1) is 7.19. The first-order valence-electron chi connectivity index (χ1n) is 3.41. The Labute approximate surface area is 60.8 Å². The van der Waals surface area contributed by atoms with E-state index in [0.717, 1.165) is 5.56 Å². The molecule has 0 amide bonds. The van der Waals surface area contributed by atoms with Crippen LogP contribution in [0.3, 0.4) is 0 Å². The third-order valence-electron chi connectivity index (χ3n) is 1.16. The Kier molecular flexibility index (Phi) is 2.00. The summed E-state index contributed by atoms with van der Waals surface area (Å²) in [5, 5.41) is 0. The van der Waals surface area contributed by atoms with Gasteiger partial charge in [-0.1, -0.05) is 0 Å². The summed E-state index contributed by atoms with van der Waals surface area (Å²) in [7, 11) is 0. The molecule has 2 nitrogen and oxygen atoms in total. The van der Waals surface area contributed by atoms with Gasteiger partial charge in [-0.2, -0.15) is 0 Å². The Morgan fingerprint density at radius 1 is 1.50 bits per heavy atom. The predicted molar refractivity (Wildman–Crippen MR) is 39.2 cm³/mol. The summed E-state index contributed by atoms with van der Waals surface area (Å²) < 4.78 is 10.4. The van der Waals surface area contributed by atoms with Gasteiger partial charge in [-0.3, -0.25) is 0 Å². The normalized spacial score (nSPS) is 10.4. The predicted octanol–water partition coefficient (Wildman–Crippen LogP) is 2.38. The maximum atomic E-state index is 5.32. The fraction of sp³-hybridized carbons (Fsp3) is 0.500. The molecule has 1 aromatic rings.